The molecule has 1 rings (SSSR count). The van der Waals surface area contributed by atoms with E-state index in [0.29, 0.717) is 13.0 Å². The van der Waals surface area contributed by atoms with Gasteiger partial charge in [0.2, 0.25) is 0 Å². The van der Waals surface area contributed by atoms with Crippen LogP contribution in [-0.4, -0.2) is 89.6 Å². The predicted molar refractivity (Wildman–Crippen MR) is 265 cm³/mol. The van der Waals surface area contributed by atoms with Crippen molar-refractivity contribution in [2.24, 2.45) is 0 Å². The molecule has 6 atom stereocenters. The van der Waals surface area contributed by atoms with Gasteiger partial charge in [0.05, 0.1) is 19.8 Å². The second-order valence-electron chi connectivity index (χ2n) is 18.7. The predicted octanol–water partition coefficient (Wildman–Crippen LogP) is 13.5. The minimum Gasteiger partial charge on any atom is -0.457 e. The molecule has 1 saturated heterocycles. The largest absolute Gasteiger partial charge is 0.457 e. The topological polar surface area (TPSA) is 135 Å². The van der Waals surface area contributed by atoms with Gasteiger partial charge in [-0.3, -0.25) is 4.79 Å². The van der Waals surface area contributed by atoms with Crippen molar-refractivity contribution in [3.63, 3.8) is 0 Å². The lowest BCUT2D eigenvalue weighted by Gasteiger charge is -2.39. The van der Waals surface area contributed by atoms with Gasteiger partial charge in [0.1, 0.15) is 30.5 Å². The van der Waals surface area contributed by atoms with Crippen molar-refractivity contribution < 1.29 is 44.2 Å². The summed E-state index contributed by atoms with van der Waals surface area (Å²) in [6.07, 6.45) is 50.5. The molecule has 0 aromatic heterocycles. The molecule has 0 aromatic carbocycles. The summed E-state index contributed by atoms with van der Waals surface area (Å²) in [6, 6.07) is 0. The van der Waals surface area contributed by atoms with Gasteiger partial charge in [0.15, 0.2) is 6.29 Å². The lowest BCUT2D eigenvalue weighted by atomic mass is 9.99. The lowest BCUT2D eigenvalue weighted by Crippen LogP contribution is -2.59. The summed E-state index contributed by atoms with van der Waals surface area (Å²) in [7, 11) is 0. The van der Waals surface area contributed by atoms with E-state index in [0.717, 1.165) is 64.2 Å². The van der Waals surface area contributed by atoms with E-state index in [1.807, 2.05) is 0 Å². The summed E-state index contributed by atoms with van der Waals surface area (Å²) in [4.78, 5) is 12.9. The molecule has 0 aromatic rings. The minimum atomic E-state index is -1.54. The normalized spacial score (nSPS) is 19.8. The highest BCUT2D eigenvalue weighted by molar-refractivity contribution is 5.69. The molecule has 0 bridgehead atoms. The third-order valence-corrected chi connectivity index (χ3v) is 12.6. The highest BCUT2D eigenvalue weighted by Gasteiger charge is 2.44. The summed E-state index contributed by atoms with van der Waals surface area (Å²) in [5.41, 5.74) is 0. The Kier molecular flexibility index (Phi) is 43.9. The smallest absolute Gasteiger partial charge is 0.306 e. The van der Waals surface area contributed by atoms with Crippen LogP contribution in [0.1, 0.15) is 245 Å². The van der Waals surface area contributed by atoms with Crippen molar-refractivity contribution in [2.45, 2.75) is 282 Å². The first-order chi connectivity index (χ1) is 31.4. The van der Waals surface area contributed by atoms with Crippen molar-refractivity contribution in [3.05, 3.63) is 36.5 Å². The number of hydrogen-bond acceptors (Lipinski definition) is 9. The van der Waals surface area contributed by atoms with E-state index in [4.69, 9.17) is 18.9 Å². The molecular weight excluding hydrogens is 805 g/mol. The Hall–Kier alpha value is -1.59. The maximum absolute atomic E-state index is 12.9. The lowest BCUT2D eigenvalue weighted by molar-refractivity contribution is -0.305. The first-order valence-corrected chi connectivity index (χ1v) is 27.1. The van der Waals surface area contributed by atoms with E-state index < -0.39 is 43.4 Å². The molecule has 376 valence electrons. The monoisotopic (exact) mass is 907 g/mol. The fraction of sp³-hybridized carbons (Fsp3) is 0.873. The molecule has 1 aliphatic rings. The quantitative estimate of drug-likeness (QED) is 0.0267. The molecule has 64 heavy (non-hydrogen) atoms. The standard InChI is InChI=1S/C55H102O9/c1-3-5-7-9-11-13-15-17-19-21-22-23-24-25-26-27-28-29-30-32-34-36-38-40-42-44-51(57)63-49(48-62-55-54(60)53(59)52(58)50(46-56)64-55)47-61-45-43-41-39-37-35-33-31-20-18-16-14-12-10-8-6-4-2/h6,8,12,14,18,20,49-50,52-56,58-60H,3-5,7,9-11,13,15-17,19,21-48H2,1-2H3/b8-6-,14-12-,20-18-. The van der Waals surface area contributed by atoms with Crippen molar-refractivity contribution in [1.82, 2.24) is 0 Å². The molecule has 1 heterocycles. The number of hydrogen-bond donors (Lipinski definition) is 4. The molecule has 9 nitrogen and oxygen atoms in total. The Morgan fingerprint density at radius 3 is 1.44 bits per heavy atom. The first kappa shape index (κ1) is 60.4. The molecule has 0 radical (unpaired) electrons. The molecule has 0 amide bonds. The number of carbonyl (C=O) groups is 1. The summed E-state index contributed by atoms with van der Waals surface area (Å²) >= 11 is 0. The number of allylic oxidation sites excluding steroid dienone is 6. The van der Waals surface area contributed by atoms with E-state index in [-0.39, 0.29) is 19.2 Å². The van der Waals surface area contributed by atoms with Crippen LogP contribution in [0.15, 0.2) is 36.5 Å². The van der Waals surface area contributed by atoms with Crippen LogP contribution < -0.4 is 0 Å². The third-order valence-electron chi connectivity index (χ3n) is 12.6. The van der Waals surface area contributed by atoms with Crippen LogP contribution in [0.5, 0.6) is 0 Å². The highest BCUT2D eigenvalue weighted by Crippen LogP contribution is 2.23. The van der Waals surface area contributed by atoms with Gasteiger partial charge < -0.3 is 39.4 Å². The van der Waals surface area contributed by atoms with Gasteiger partial charge in [-0.15, -0.1) is 0 Å². The van der Waals surface area contributed by atoms with Gasteiger partial charge in [0.25, 0.3) is 0 Å². The van der Waals surface area contributed by atoms with Crippen molar-refractivity contribution in [2.75, 3.05) is 26.4 Å². The Bertz CT molecular complexity index is 1080. The van der Waals surface area contributed by atoms with Crippen molar-refractivity contribution in [3.8, 4) is 0 Å². The van der Waals surface area contributed by atoms with Gasteiger partial charge in [-0.25, -0.2) is 0 Å². The van der Waals surface area contributed by atoms with Crippen LogP contribution in [0.25, 0.3) is 0 Å². The van der Waals surface area contributed by atoms with Crippen LogP contribution in [-0.2, 0) is 23.7 Å². The Morgan fingerprint density at radius 1 is 0.516 bits per heavy atom. The second kappa shape index (κ2) is 46.5. The number of aliphatic hydroxyl groups excluding tert-OH is 4. The zero-order chi connectivity index (χ0) is 46.4. The van der Waals surface area contributed by atoms with E-state index in [2.05, 4.69) is 50.3 Å². The van der Waals surface area contributed by atoms with Crippen LogP contribution in [0.4, 0.5) is 0 Å². The Balaban J connectivity index is 2.15. The molecular formula is C55H102O9. The van der Waals surface area contributed by atoms with E-state index in [9.17, 15) is 25.2 Å². The van der Waals surface area contributed by atoms with Crippen LogP contribution >= 0.6 is 0 Å². The number of esters is 1. The third kappa shape index (κ3) is 36.5. The molecule has 4 N–H and O–H groups in total. The fourth-order valence-corrected chi connectivity index (χ4v) is 8.39. The number of carbonyl (C=O) groups excluding carboxylic acids is 1. The minimum absolute atomic E-state index is 0.116. The number of ether oxygens (including phenoxy) is 4. The summed E-state index contributed by atoms with van der Waals surface area (Å²) < 4.78 is 22.9. The molecule has 0 saturated carbocycles. The van der Waals surface area contributed by atoms with Gasteiger partial charge in [-0.1, -0.05) is 230 Å². The molecule has 1 aliphatic heterocycles. The van der Waals surface area contributed by atoms with Gasteiger partial charge in [0, 0.05) is 13.0 Å². The highest BCUT2D eigenvalue weighted by atomic mass is 16.7. The molecule has 0 spiro atoms. The van der Waals surface area contributed by atoms with Crippen LogP contribution in [0, 0.1) is 0 Å². The number of unbranched alkanes of at least 4 members (excludes halogenated alkanes) is 30. The number of aliphatic hydroxyl groups is 4. The average molecular weight is 907 g/mol. The van der Waals surface area contributed by atoms with Crippen molar-refractivity contribution >= 4 is 5.97 Å². The Labute approximate surface area is 393 Å². The van der Waals surface area contributed by atoms with E-state index >= 15 is 0 Å². The van der Waals surface area contributed by atoms with Gasteiger partial charge in [-0.05, 0) is 44.9 Å². The average Bonchev–Trinajstić information content (AvgIpc) is 3.30. The SMILES string of the molecule is CC/C=C\C/C=C\C/C=C\CCCCCCCCOCC(COC1OC(CO)C(O)C(O)C1O)OC(=O)CCCCCCCCCCCCCCCCCCCCCCCCCCC. The van der Waals surface area contributed by atoms with Gasteiger partial charge in [-0.2, -0.15) is 0 Å². The zero-order valence-electron chi connectivity index (χ0n) is 41.5. The van der Waals surface area contributed by atoms with Crippen LogP contribution in [0.3, 0.4) is 0 Å². The maximum atomic E-state index is 12.9. The first-order valence-electron chi connectivity index (χ1n) is 27.1. The summed E-state index contributed by atoms with van der Waals surface area (Å²) in [6.45, 7) is 4.46. The van der Waals surface area contributed by atoms with Gasteiger partial charge >= 0.3 is 5.97 Å². The summed E-state index contributed by atoms with van der Waals surface area (Å²) in [5, 5.41) is 40.3. The molecule has 0 aliphatic carbocycles. The fourth-order valence-electron chi connectivity index (χ4n) is 8.39. The van der Waals surface area contributed by atoms with Crippen molar-refractivity contribution in [1.29, 1.82) is 0 Å². The summed E-state index contributed by atoms with van der Waals surface area (Å²) in [5.74, 6) is -0.314. The molecule has 1 fully saturated rings. The van der Waals surface area contributed by atoms with E-state index in [1.54, 1.807) is 0 Å². The second-order valence-corrected chi connectivity index (χ2v) is 18.7. The van der Waals surface area contributed by atoms with Crippen LogP contribution in [0.2, 0.25) is 0 Å². The molecule has 6 unspecified atom stereocenters. The number of rotatable bonds is 47. The zero-order valence-corrected chi connectivity index (χ0v) is 41.5. The van der Waals surface area contributed by atoms with E-state index in [1.165, 1.54) is 161 Å². The molecule has 9 heteroatoms. The Morgan fingerprint density at radius 2 is 0.953 bits per heavy atom. The maximum Gasteiger partial charge on any atom is 0.306 e.